The van der Waals surface area contributed by atoms with Crippen LogP contribution in [0.2, 0.25) is 0 Å². The number of hydrogen-bond acceptors (Lipinski definition) is 6. The van der Waals surface area contributed by atoms with Crippen LogP contribution < -0.4 is 9.04 Å². The largest absolute Gasteiger partial charge is 0.492 e. The molecule has 1 aromatic heterocycles. The van der Waals surface area contributed by atoms with Crippen molar-refractivity contribution in [1.82, 2.24) is 9.78 Å². The van der Waals surface area contributed by atoms with Gasteiger partial charge in [-0.2, -0.15) is 5.10 Å². The minimum Gasteiger partial charge on any atom is -0.492 e. The summed E-state index contributed by atoms with van der Waals surface area (Å²) < 4.78 is 41.0. The van der Waals surface area contributed by atoms with Crippen molar-refractivity contribution >= 4 is 21.8 Å². The number of carbonyl (C=O) groups is 1. The van der Waals surface area contributed by atoms with E-state index in [-0.39, 0.29) is 34.6 Å². The summed E-state index contributed by atoms with van der Waals surface area (Å²) >= 11 is 0. The normalized spacial score (nSPS) is 15.1. The summed E-state index contributed by atoms with van der Waals surface area (Å²) in [6.45, 7) is 8.25. The van der Waals surface area contributed by atoms with Crippen LogP contribution in [0.5, 0.6) is 5.75 Å². The lowest BCUT2D eigenvalue weighted by atomic mass is 10.0. The highest BCUT2D eigenvalue weighted by atomic mass is 32.2. The average Bonchev–Trinajstić information content (AvgIpc) is 3.25. The molecule has 1 fully saturated rings. The molecular formula is C22H31N3O6S. The fourth-order valence-corrected chi connectivity index (χ4v) is 5.12. The van der Waals surface area contributed by atoms with Crippen LogP contribution in [-0.4, -0.2) is 55.6 Å². The first kappa shape index (κ1) is 24.1. The molecule has 0 amide bonds. The molecule has 0 atom stereocenters. The van der Waals surface area contributed by atoms with Crippen LogP contribution in [0.1, 0.15) is 44.0 Å². The molecule has 176 valence electrons. The molecule has 1 aromatic carbocycles. The number of rotatable bonds is 10. The number of carboxylic acids is 1. The number of aromatic carboxylic acids is 1. The molecule has 0 saturated carbocycles. The average molecular weight is 466 g/mol. The van der Waals surface area contributed by atoms with Gasteiger partial charge in [-0.3, -0.25) is 4.68 Å². The van der Waals surface area contributed by atoms with Crippen LogP contribution in [0.25, 0.3) is 0 Å². The third-order valence-corrected chi connectivity index (χ3v) is 7.09. The number of aromatic nitrogens is 2. The molecule has 0 radical (unpaired) electrons. The second kappa shape index (κ2) is 10.4. The molecule has 9 nitrogen and oxygen atoms in total. The van der Waals surface area contributed by atoms with E-state index >= 15 is 0 Å². The highest BCUT2D eigenvalue weighted by Gasteiger charge is 2.29. The molecule has 0 spiro atoms. The van der Waals surface area contributed by atoms with E-state index in [2.05, 4.69) is 5.10 Å². The van der Waals surface area contributed by atoms with Crippen LogP contribution in [0.15, 0.2) is 35.4 Å². The summed E-state index contributed by atoms with van der Waals surface area (Å²) in [6.07, 6.45) is 3.42. The van der Waals surface area contributed by atoms with E-state index < -0.39 is 16.0 Å². The Balaban J connectivity index is 1.91. The monoisotopic (exact) mass is 465 g/mol. The van der Waals surface area contributed by atoms with Gasteiger partial charge >= 0.3 is 5.97 Å². The Morgan fingerprint density at radius 1 is 1.31 bits per heavy atom. The molecule has 1 aliphatic rings. The molecule has 32 heavy (non-hydrogen) atoms. The van der Waals surface area contributed by atoms with Gasteiger partial charge in [0, 0.05) is 38.6 Å². The minimum absolute atomic E-state index is 0.0394. The van der Waals surface area contributed by atoms with Crippen molar-refractivity contribution in [2.45, 2.75) is 45.1 Å². The van der Waals surface area contributed by atoms with Gasteiger partial charge in [0.1, 0.15) is 11.3 Å². The Hall–Kier alpha value is -2.59. The van der Waals surface area contributed by atoms with Crippen molar-refractivity contribution < 1.29 is 27.8 Å². The first-order valence-corrected chi connectivity index (χ1v) is 12.3. The van der Waals surface area contributed by atoms with E-state index in [1.54, 1.807) is 16.9 Å². The van der Waals surface area contributed by atoms with Crippen molar-refractivity contribution in [1.29, 1.82) is 0 Å². The number of hydrogen-bond donors (Lipinski definition) is 1. The predicted molar refractivity (Wildman–Crippen MR) is 120 cm³/mol. The zero-order valence-corrected chi connectivity index (χ0v) is 19.5. The van der Waals surface area contributed by atoms with Crippen LogP contribution >= 0.6 is 0 Å². The van der Waals surface area contributed by atoms with Gasteiger partial charge in [-0.05, 0) is 49.8 Å². The number of sulfonamides is 1. The Labute approximate surface area is 189 Å². The zero-order valence-electron chi connectivity index (χ0n) is 18.7. The lowest BCUT2D eigenvalue weighted by Crippen LogP contribution is -2.35. The number of nitrogens with zero attached hydrogens (tertiary/aromatic N) is 3. The Morgan fingerprint density at radius 2 is 2.03 bits per heavy atom. The highest BCUT2D eigenvalue weighted by Crippen LogP contribution is 2.29. The number of carboxylic acid groups (broad SMARTS) is 1. The van der Waals surface area contributed by atoms with E-state index in [9.17, 15) is 18.3 Å². The van der Waals surface area contributed by atoms with Gasteiger partial charge in [0.05, 0.1) is 11.5 Å². The smallest absolute Gasteiger partial charge is 0.339 e. The van der Waals surface area contributed by atoms with Crippen molar-refractivity contribution in [3.63, 3.8) is 0 Å². The van der Waals surface area contributed by atoms with Gasteiger partial charge in [0.2, 0.25) is 0 Å². The van der Waals surface area contributed by atoms with Crippen molar-refractivity contribution in [2.24, 2.45) is 11.8 Å². The molecule has 1 N–H and O–H groups in total. The lowest BCUT2D eigenvalue weighted by Gasteiger charge is -2.25. The molecule has 3 rings (SSSR count). The third kappa shape index (κ3) is 5.60. The molecule has 2 aromatic rings. The van der Waals surface area contributed by atoms with Gasteiger partial charge < -0.3 is 14.6 Å². The molecule has 0 unspecified atom stereocenters. The van der Waals surface area contributed by atoms with Gasteiger partial charge in [-0.1, -0.05) is 13.8 Å². The van der Waals surface area contributed by atoms with Gasteiger partial charge in [0.15, 0.2) is 5.82 Å². The van der Waals surface area contributed by atoms with Crippen LogP contribution in [0.3, 0.4) is 0 Å². The minimum atomic E-state index is -4.03. The molecule has 10 heteroatoms. The second-order valence-corrected chi connectivity index (χ2v) is 10.2. The quantitative estimate of drug-likeness (QED) is 0.573. The van der Waals surface area contributed by atoms with Crippen molar-refractivity contribution in [2.75, 3.05) is 30.7 Å². The fraction of sp³-hybridized carbons (Fsp3) is 0.545. The van der Waals surface area contributed by atoms with E-state index in [1.165, 1.54) is 22.5 Å². The molecule has 0 aliphatic carbocycles. The van der Waals surface area contributed by atoms with E-state index in [0.29, 0.717) is 32.2 Å². The first-order valence-electron chi connectivity index (χ1n) is 10.9. The van der Waals surface area contributed by atoms with Crippen LogP contribution in [-0.2, 0) is 21.3 Å². The summed E-state index contributed by atoms with van der Waals surface area (Å²) in [5, 5.41) is 14.0. The summed E-state index contributed by atoms with van der Waals surface area (Å²) in [4.78, 5) is 11.8. The summed E-state index contributed by atoms with van der Waals surface area (Å²) in [5.74, 6) is -0.456. The predicted octanol–water partition coefficient (Wildman–Crippen LogP) is 3.26. The topological polar surface area (TPSA) is 111 Å². The molecule has 0 bridgehead atoms. The highest BCUT2D eigenvalue weighted by molar-refractivity contribution is 7.92. The number of ether oxygens (including phenoxy) is 2. The SMILES string of the molecule is CCn1ccc(N(CC(C)C)S(=O)(=O)c2ccc(OCC3CCOCC3)c(C(=O)O)c2)n1. The van der Waals surface area contributed by atoms with Crippen LogP contribution in [0, 0.1) is 11.8 Å². The molecule has 1 saturated heterocycles. The van der Waals surface area contributed by atoms with Gasteiger partial charge in [-0.25, -0.2) is 17.5 Å². The fourth-order valence-electron chi connectivity index (χ4n) is 3.52. The second-order valence-electron chi connectivity index (χ2n) is 8.29. The first-order chi connectivity index (χ1) is 15.2. The maximum absolute atomic E-state index is 13.5. The zero-order chi connectivity index (χ0) is 23.3. The molecule has 1 aliphatic heterocycles. The maximum atomic E-state index is 13.5. The number of benzene rings is 1. The van der Waals surface area contributed by atoms with E-state index in [0.717, 1.165) is 12.8 Å². The maximum Gasteiger partial charge on any atom is 0.339 e. The molecular weight excluding hydrogens is 434 g/mol. The van der Waals surface area contributed by atoms with Gasteiger partial charge in [0.25, 0.3) is 10.0 Å². The van der Waals surface area contributed by atoms with Crippen LogP contribution in [0.4, 0.5) is 5.82 Å². The Kier molecular flexibility index (Phi) is 7.78. The number of anilines is 1. The Bertz CT molecular complexity index is 1030. The standard InChI is InChI=1S/C22H31N3O6S/c1-4-24-10-7-21(23-24)25(14-16(2)3)32(28,29)18-5-6-20(19(13-18)22(26)27)31-15-17-8-11-30-12-9-17/h5-7,10,13,16-17H,4,8-9,11-12,14-15H2,1-3H3,(H,26,27). The summed E-state index contributed by atoms with van der Waals surface area (Å²) in [5.41, 5.74) is -0.179. The van der Waals surface area contributed by atoms with Gasteiger partial charge in [-0.15, -0.1) is 0 Å². The van der Waals surface area contributed by atoms with E-state index in [4.69, 9.17) is 9.47 Å². The van der Waals surface area contributed by atoms with Crippen molar-refractivity contribution in [3.05, 3.63) is 36.0 Å². The van der Waals surface area contributed by atoms with E-state index in [1.807, 2.05) is 20.8 Å². The summed E-state index contributed by atoms with van der Waals surface area (Å²) in [6, 6.07) is 5.63. The van der Waals surface area contributed by atoms with Crippen molar-refractivity contribution in [3.8, 4) is 5.75 Å². The number of aryl methyl sites for hydroxylation is 1. The third-order valence-electron chi connectivity index (χ3n) is 5.32. The lowest BCUT2D eigenvalue weighted by molar-refractivity contribution is 0.0490. The molecule has 2 heterocycles. The Morgan fingerprint density at radius 3 is 2.62 bits per heavy atom. The summed E-state index contributed by atoms with van der Waals surface area (Å²) in [7, 11) is -4.03.